The molecule has 0 aliphatic carbocycles. The van der Waals surface area contributed by atoms with Gasteiger partial charge in [-0.2, -0.15) is 5.10 Å². The number of aliphatic hydroxyl groups is 1. The number of benzene rings is 3. The van der Waals surface area contributed by atoms with Gasteiger partial charge in [-0.05, 0) is 77.3 Å². The number of hydrogen-bond donors (Lipinski definition) is 4. The molecule has 11 nitrogen and oxygen atoms in total. The van der Waals surface area contributed by atoms with E-state index in [9.17, 15) is 14.7 Å². The predicted octanol–water partition coefficient (Wildman–Crippen LogP) is 5.86. The molecule has 3 aromatic carbocycles. The molecule has 0 unspecified atom stereocenters. The second-order valence-corrected chi connectivity index (χ2v) is 11.4. The van der Waals surface area contributed by atoms with Gasteiger partial charge in [0.15, 0.2) is 17.7 Å². The van der Waals surface area contributed by atoms with E-state index in [1.165, 1.54) is 13.3 Å². The van der Waals surface area contributed by atoms with Crippen LogP contribution in [-0.4, -0.2) is 49.9 Å². The summed E-state index contributed by atoms with van der Waals surface area (Å²) in [7, 11) is 1.27. The van der Waals surface area contributed by atoms with Crippen LogP contribution >= 0.6 is 39.1 Å². The third kappa shape index (κ3) is 9.04. The minimum Gasteiger partial charge on any atom is -0.490 e. The molecule has 0 fully saturated rings. The first-order chi connectivity index (χ1) is 21.6. The van der Waals surface area contributed by atoms with Crippen LogP contribution in [0.4, 0.5) is 4.79 Å². The van der Waals surface area contributed by atoms with Crippen molar-refractivity contribution in [3.8, 4) is 17.2 Å². The zero-order valence-electron chi connectivity index (χ0n) is 24.5. The van der Waals surface area contributed by atoms with Gasteiger partial charge < -0.3 is 34.7 Å². The van der Waals surface area contributed by atoms with Gasteiger partial charge in [-0.25, -0.2) is 9.59 Å². The molecule has 1 aliphatic heterocycles. The van der Waals surface area contributed by atoms with Crippen molar-refractivity contribution >= 4 is 57.3 Å². The van der Waals surface area contributed by atoms with Crippen LogP contribution in [0.1, 0.15) is 36.6 Å². The van der Waals surface area contributed by atoms with E-state index in [2.05, 4.69) is 37.1 Å². The highest BCUT2D eigenvalue weighted by atomic mass is 79.9. The number of halogens is 3. The van der Waals surface area contributed by atoms with Gasteiger partial charge in [0.25, 0.3) is 0 Å². The zero-order chi connectivity index (χ0) is 32.5. The fourth-order valence-corrected chi connectivity index (χ4v) is 5.59. The van der Waals surface area contributed by atoms with E-state index in [4.69, 9.17) is 42.1 Å². The van der Waals surface area contributed by atoms with E-state index in [1.54, 1.807) is 50.2 Å². The van der Waals surface area contributed by atoms with Crippen LogP contribution in [-0.2, 0) is 16.1 Å². The van der Waals surface area contributed by atoms with Crippen molar-refractivity contribution in [2.24, 2.45) is 5.10 Å². The molecule has 4 rings (SSSR count). The third-order valence-electron chi connectivity index (χ3n) is 6.41. The maximum atomic E-state index is 12.5. The number of ether oxygens (including phenoxy) is 4. The topological polar surface area (TPSA) is 140 Å². The quantitative estimate of drug-likeness (QED) is 0.0746. The van der Waals surface area contributed by atoms with Crippen molar-refractivity contribution in [2.75, 3.05) is 20.3 Å². The van der Waals surface area contributed by atoms with E-state index < -0.39 is 24.3 Å². The Morgan fingerprint density at radius 1 is 1.11 bits per heavy atom. The molecule has 45 heavy (non-hydrogen) atoms. The summed E-state index contributed by atoms with van der Waals surface area (Å²) >= 11 is 15.8. The van der Waals surface area contributed by atoms with Gasteiger partial charge in [-0.15, -0.1) is 0 Å². The van der Waals surface area contributed by atoms with E-state index in [0.717, 1.165) is 5.56 Å². The fourth-order valence-electron chi connectivity index (χ4n) is 4.43. The highest BCUT2D eigenvalue weighted by Gasteiger charge is 2.32. The number of allylic oxidation sites excluding steroid dienone is 1. The summed E-state index contributed by atoms with van der Waals surface area (Å²) in [5.74, 6) is 0.609. The van der Waals surface area contributed by atoms with Crippen LogP contribution in [0.25, 0.3) is 0 Å². The van der Waals surface area contributed by atoms with E-state index in [1.807, 2.05) is 18.2 Å². The Morgan fingerprint density at radius 2 is 1.91 bits per heavy atom. The number of nitrogens with zero attached hydrogens (tertiary/aromatic N) is 1. The van der Waals surface area contributed by atoms with Gasteiger partial charge in [-0.3, -0.25) is 5.43 Å². The molecular formula is C31H31BrCl2N4O7. The van der Waals surface area contributed by atoms with Crippen molar-refractivity contribution in [1.29, 1.82) is 0 Å². The van der Waals surface area contributed by atoms with Gasteiger partial charge in [0.1, 0.15) is 19.0 Å². The number of urea groups is 1. The van der Waals surface area contributed by atoms with Crippen LogP contribution in [0.2, 0.25) is 10.0 Å². The van der Waals surface area contributed by atoms with Crippen LogP contribution < -0.4 is 30.3 Å². The first-order valence-electron chi connectivity index (χ1n) is 13.7. The minimum absolute atomic E-state index is 0.190. The molecule has 1 heterocycles. The Balaban J connectivity index is 1.43. The number of amides is 2. The third-order valence-corrected chi connectivity index (χ3v) is 7.45. The van der Waals surface area contributed by atoms with Gasteiger partial charge in [-0.1, -0.05) is 41.4 Å². The Kier molecular flexibility index (Phi) is 11.9. The lowest BCUT2D eigenvalue weighted by Gasteiger charge is -2.28. The average molecular weight is 722 g/mol. The summed E-state index contributed by atoms with van der Waals surface area (Å²) in [6, 6.07) is 14.5. The highest BCUT2D eigenvalue weighted by Crippen LogP contribution is 2.35. The number of nitrogens with one attached hydrogen (secondary N) is 3. The number of rotatable bonds is 13. The number of carbonyl (C=O) groups is 2. The van der Waals surface area contributed by atoms with Crippen LogP contribution in [0, 0.1) is 0 Å². The molecule has 0 spiro atoms. The normalized spacial score (nSPS) is 15.3. The molecule has 1 aliphatic rings. The van der Waals surface area contributed by atoms with Gasteiger partial charge in [0.05, 0.1) is 36.0 Å². The predicted molar refractivity (Wildman–Crippen MR) is 174 cm³/mol. The van der Waals surface area contributed by atoms with E-state index in [-0.39, 0.29) is 18.8 Å². The molecule has 2 amide bonds. The van der Waals surface area contributed by atoms with Crippen molar-refractivity contribution in [3.05, 3.63) is 97.1 Å². The molecule has 0 saturated carbocycles. The summed E-state index contributed by atoms with van der Waals surface area (Å²) in [5, 5.41) is 21.0. The maximum Gasteiger partial charge on any atom is 0.337 e. The average Bonchev–Trinajstić information content (AvgIpc) is 2.99. The molecular weight excluding hydrogens is 691 g/mol. The van der Waals surface area contributed by atoms with Crippen molar-refractivity contribution in [3.63, 3.8) is 0 Å². The first kappa shape index (κ1) is 33.9. The molecule has 0 radical (unpaired) electrons. The number of hydrazone groups is 1. The van der Waals surface area contributed by atoms with Crippen molar-refractivity contribution in [2.45, 2.75) is 32.7 Å². The minimum atomic E-state index is -1.20. The van der Waals surface area contributed by atoms with Gasteiger partial charge in [0, 0.05) is 21.3 Å². The molecule has 4 N–H and O–H groups in total. The Labute approximate surface area is 278 Å². The molecule has 238 valence electrons. The molecule has 0 aromatic heterocycles. The Morgan fingerprint density at radius 3 is 2.64 bits per heavy atom. The summed E-state index contributed by atoms with van der Waals surface area (Å²) in [6.07, 6.45) is 0.268. The van der Waals surface area contributed by atoms with E-state index >= 15 is 0 Å². The number of methoxy groups -OCH3 is 1. The fraction of sp³-hybridized carbons (Fsp3) is 0.258. The summed E-state index contributed by atoms with van der Waals surface area (Å²) in [5.41, 5.74) is 5.27. The number of hydrogen-bond acceptors (Lipinski definition) is 9. The number of carbonyl (C=O) groups excluding carboxylic acids is 2. The lowest BCUT2D eigenvalue weighted by molar-refractivity contribution is -0.136. The molecule has 0 saturated heterocycles. The van der Waals surface area contributed by atoms with Gasteiger partial charge in [0.2, 0.25) is 0 Å². The van der Waals surface area contributed by atoms with E-state index in [0.29, 0.717) is 55.2 Å². The number of aliphatic hydroxyl groups excluding tert-OH is 1. The maximum absolute atomic E-state index is 12.5. The second kappa shape index (κ2) is 15.8. The summed E-state index contributed by atoms with van der Waals surface area (Å²) < 4.78 is 23.1. The summed E-state index contributed by atoms with van der Waals surface area (Å²) in [4.78, 5) is 24.6. The van der Waals surface area contributed by atoms with Crippen LogP contribution in [0.15, 0.2) is 75.4 Å². The molecule has 14 heteroatoms. The largest absolute Gasteiger partial charge is 0.490 e. The summed E-state index contributed by atoms with van der Waals surface area (Å²) in [6.45, 7) is 3.81. The Bertz CT molecular complexity index is 1620. The van der Waals surface area contributed by atoms with Crippen molar-refractivity contribution in [1.82, 2.24) is 16.1 Å². The Hall–Kier alpha value is -3.97. The smallest absolute Gasteiger partial charge is 0.337 e. The van der Waals surface area contributed by atoms with Crippen LogP contribution in [0.5, 0.6) is 17.2 Å². The van der Waals surface area contributed by atoms with Gasteiger partial charge >= 0.3 is 12.0 Å². The molecule has 0 bridgehead atoms. The monoisotopic (exact) mass is 720 g/mol. The second-order valence-electron chi connectivity index (χ2n) is 9.64. The standard InChI is InChI=1S/C31H31BrCl2N4O7/c1-4-43-25-12-19(28-27(30(40)42-3)17(2)36-31(41)37-28)8-9-24(25)44-16-26(39)38-35-14-20-11-22(34)13-23(32)29(20)45-15-18-6-5-7-21(33)10-18/h5-14,26,28,38-39H,4,15-16H2,1-3H3,(H2,36,37,41)/b35-14+/t26-,28-/m0/s1. The first-order valence-corrected chi connectivity index (χ1v) is 15.2. The highest BCUT2D eigenvalue weighted by molar-refractivity contribution is 9.10. The zero-order valence-corrected chi connectivity index (χ0v) is 27.6. The molecule has 2 atom stereocenters. The van der Waals surface area contributed by atoms with Crippen molar-refractivity contribution < 1.29 is 33.6 Å². The van der Waals surface area contributed by atoms with Crippen LogP contribution in [0.3, 0.4) is 0 Å². The lowest BCUT2D eigenvalue weighted by Crippen LogP contribution is -2.45. The SMILES string of the molecule is CCOc1cc([C@@H]2NC(=O)NC(C)=C2C(=O)OC)ccc1OC[C@H](O)N/N=C/c1cc(Cl)cc(Br)c1OCc1cccc(Cl)c1. The number of esters is 1. The lowest BCUT2D eigenvalue weighted by atomic mass is 9.95. The molecule has 3 aromatic rings.